The predicted octanol–water partition coefficient (Wildman–Crippen LogP) is 13.0. The molecule has 9 heteroatoms. The summed E-state index contributed by atoms with van der Waals surface area (Å²) in [5, 5.41) is 0. The molecule has 8 bridgehead atoms. The van der Waals surface area contributed by atoms with Crippen molar-refractivity contribution in [3.63, 3.8) is 0 Å². The Morgan fingerprint density at radius 1 is 0.453 bits per heavy atom. The van der Waals surface area contributed by atoms with Crippen LogP contribution < -0.4 is 31.4 Å². The minimum Gasteiger partial charge on any atom is -0.457 e. The van der Waals surface area contributed by atoms with Gasteiger partial charge in [0.15, 0.2) is 11.5 Å². The molecule has 276 valence electrons. The first-order chi connectivity index (χ1) is 25.5. The van der Waals surface area contributed by atoms with Gasteiger partial charge in [0.1, 0.15) is 23.0 Å². The molecule has 0 heterocycles. The number of benzene rings is 4. The molecule has 0 amide bonds. The van der Waals surface area contributed by atoms with Crippen molar-refractivity contribution in [1.82, 2.24) is 0 Å². The lowest BCUT2D eigenvalue weighted by molar-refractivity contribution is -0.0107. The highest BCUT2D eigenvalue weighted by molar-refractivity contribution is 9.11. The van der Waals surface area contributed by atoms with E-state index in [2.05, 4.69) is 53.9 Å². The van der Waals surface area contributed by atoms with E-state index in [4.69, 9.17) is 31.4 Å². The third-order valence-electron chi connectivity index (χ3n) is 13.9. The molecular formula is C44H46Br3N3O3. The van der Waals surface area contributed by atoms with Gasteiger partial charge >= 0.3 is 0 Å². The van der Waals surface area contributed by atoms with E-state index >= 15 is 0 Å². The zero-order valence-electron chi connectivity index (χ0n) is 29.8. The van der Waals surface area contributed by atoms with E-state index in [0.29, 0.717) is 52.1 Å². The largest absolute Gasteiger partial charge is 0.457 e. The maximum atomic E-state index is 7.42. The second kappa shape index (κ2) is 12.8. The smallest absolute Gasteiger partial charge is 0.177 e. The second-order valence-electron chi connectivity index (χ2n) is 17.7. The molecule has 6 nitrogen and oxygen atoms in total. The number of rotatable bonds is 8. The van der Waals surface area contributed by atoms with E-state index < -0.39 is 0 Å². The van der Waals surface area contributed by atoms with Gasteiger partial charge in [-0.05, 0) is 208 Å². The molecule has 4 aromatic carbocycles. The van der Waals surface area contributed by atoms with Gasteiger partial charge in [0, 0.05) is 65.2 Å². The lowest BCUT2D eigenvalue weighted by Crippen LogP contribution is -2.50. The maximum Gasteiger partial charge on any atom is 0.177 e. The normalized spacial score (nSPS) is 31.9. The average Bonchev–Trinajstić information content (AvgIpc) is 3.09. The minimum absolute atomic E-state index is 0.000536. The van der Waals surface area contributed by atoms with Crippen LogP contribution in [-0.4, -0.2) is 0 Å². The van der Waals surface area contributed by atoms with E-state index in [9.17, 15) is 0 Å². The van der Waals surface area contributed by atoms with Crippen LogP contribution in [0.3, 0.4) is 0 Å². The Hall–Kier alpha value is -2.88. The first-order valence-electron chi connectivity index (χ1n) is 19.4. The van der Waals surface area contributed by atoms with Crippen LogP contribution in [-0.2, 0) is 10.8 Å². The van der Waals surface area contributed by atoms with Crippen LogP contribution >= 0.6 is 47.8 Å². The Bertz CT molecular complexity index is 2060. The molecule has 0 aliphatic heterocycles. The summed E-state index contributed by atoms with van der Waals surface area (Å²) in [7, 11) is 0. The third-order valence-corrected chi connectivity index (χ3v) is 16.1. The van der Waals surface area contributed by atoms with Gasteiger partial charge in [-0.1, -0.05) is 0 Å². The fraction of sp³-hybridized carbons (Fsp3) is 0.455. The molecular weight excluding hydrogens is 858 g/mol. The number of hydrogen-bond donors (Lipinski definition) is 3. The summed E-state index contributed by atoms with van der Waals surface area (Å²) >= 11 is 10.8. The van der Waals surface area contributed by atoms with Gasteiger partial charge in [0.25, 0.3) is 0 Å². The van der Waals surface area contributed by atoms with Crippen molar-refractivity contribution in [2.75, 3.05) is 17.2 Å². The van der Waals surface area contributed by atoms with E-state index in [0.717, 1.165) is 67.7 Å². The standard InChI is InChI=1S/C44H46Br3N3O3/c45-33-4-1-29(13-36(33)48)51-39-16-32(43-17-23-7-24(18-43)9-25(8-23)19-43)41(52-30-2-5-34(46)37(49)14-30)40(42(39)53-31-3-6-35(47)38(50)15-31)44-20-26-10-27(21-44)12-28(11-26)22-44/h1-6,13-16,23-28H,7-12,17-22,48-50H2. The molecule has 0 radical (unpaired) electrons. The van der Waals surface area contributed by atoms with Crippen molar-refractivity contribution in [1.29, 1.82) is 0 Å². The highest BCUT2D eigenvalue weighted by Gasteiger charge is 2.57. The number of nitrogens with two attached hydrogens (primary N) is 3. The lowest BCUT2D eigenvalue weighted by atomic mass is 9.46. The fourth-order valence-electron chi connectivity index (χ4n) is 12.8. The Kier molecular flexibility index (Phi) is 8.38. The van der Waals surface area contributed by atoms with Crippen LogP contribution in [0.4, 0.5) is 17.1 Å². The molecule has 0 saturated heterocycles. The van der Waals surface area contributed by atoms with Crippen molar-refractivity contribution in [3.05, 3.63) is 85.2 Å². The van der Waals surface area contributed by atoms with E-state index in [1.54, 1.807) is 0 Å². The molecule has 4 aromatic rings. The molecule has 8 aliphatic rings. The molecule has 0 aromatic heterocycles. The second-order valence-corrected chi connectivity index (χ2v) is 20.3. The fourth-order valence-corrected chi connectivity index (χ4v) is 13.5. The van der Waals surface area contributed by atoms with E-state index in [1.807, 2.05) is 54.6 Å². The van der Waals surface area contributed by atoms with Crippen molar-refractivity contribution in [3.8, 4) is 34.5 Å². The van der Waals surface area contributed by atoms with Gasteiger partial charge in [-0.25, -0.2) is 0 Å². The summed E-state index contributed by atoms with van der Waals surface area (Å²) in [6.45, 7) is 0. The molecule has 0 unspecified atom stereocenters. The number of hydrogen-bond acceptors (Lipinski definition) is 6. The third kappa shape index (κ3) is 6.06. The van der Waals surface area contributed by atoms with Crippen LogP contribution in [0.5, 0.6) is 34.5 Å². The van der Waals surface area contributed by atoms with Crippen molar-refractivity contribution >= 4 is 64.9 Å². The molecule has 8 aliphatic carbocycles. The Labute approximate surface area is 337 Å². The van der Waals surface area contributed by atoms with Gasteiger partial charge in [0.05, 0.1) is 0 Å². The van der Waals surface area contributed by atoms with Crippen LogP contribution in [0, 0.1) is 35.5 Å². The molecule has 12 rings (SSSR count). The monoisotopic (exact) mass is 901 g/mol. The Morgan fingerprint density at radius 3 is 1.21 bits per heavy atom. The zero-order chi connectivity index (χ0) is 36.2. The Balaban J connectivity index is 1.26. The summed E-state index contributed by atoms with van der Waals surface area (Å²) in [4.78, 5) is 0. The summed E-state index contributed by atoms with van der Waals surface area (Å²) in [5.74, 6) is 8.84. The van der Waals surface area contributed by atoms with E-state index in [-0.39, 0.29) is 10.8 Å². The molecule has 8 fully saturated rings. The SMILES string of the molecule is Nc1cc(Oc2cc(C34CC5CC(CC(C5)C3)C4)c(Oc3ccc(Br)c(N)c3)c(C34CC5CC(CC(C5)C3)C4)c2Oc2ccc(Br)c(N)c2)ccc1Br. The van der Waals surface area contributed by atoms with Crippen LogP contribution in [0.2, 0.25) is 0 Å². The summed E-state index contributed by atoms with van der Waals surface area (Å²) in [5.41, 5.74) is 23.7. The quantitative estimate of drug-likeness (QED) is 0.152. The maximum absolute atomic E-state index is 7.42. The van der Waals surface area contributed by atoms with Crippen LogP contribution in [0.1, 0.15) is 88.2 Å². The lowest BCUT2D eigenvalue weighted by Gasteiger charge is -2.59. The minimum atomic E-state index is -0.115. The average molecular weight is 905 g/mol. The summed E-state index contributed by atoms with van der Waals surface area (Å²) < 4.78 is 24.2. The van der Waals surface area contributed by atoms with Crippen molar-refractivity contribution < 1.29 is 14.2 Å². The van der Waals surface area contributed by atoms with E-state index in [1.165, 1.54) is 68.9 Å². The van der Waals surface area contributed by atoms with Gasteiger partial charge in [-0.2, -0.15) is 0 Å². The van der Waals surface area contributed by atoms with Gasteiger partial charge in [-0.3, -0.25) is 0 Å². The molecule has 6 N–H and O–H groups in total. The number of halogens is 3. The summed E-state index contributed by atoms with van der Waals surface area (Å²) in [6.07, 6.45) is 15.0. The van der Waals surface area contributed by atoms with Gasteiger partial charge in [-0.15, -0.1) is 0 Å². The number of nitrogen functional groups attached to an aromatic ring is 3. The first kappa shape index (κ1) is 34.6. The molecule has 0 atom stereocenters. The highest BCUT2D eigenvalue weighted by atomic mass is 79.9. The topological polar surface area (TPSA) is 106 Å². The summed E-state index contributed by atoms with van der Waals surface area (Å²) in [6, 6.07) is 20.0. The van der Waals surface area contributed by atoms with Crippen molar-refractivity contribution in [2.24, 2.45) is 35.5 Å². The Morgan fingerprint density at radius 2 is 0.811 bits per heavy atom. The molecule has 8 saturated carbocycles. The predicted molar refractivity (Wildman–Crippen MR) is 222 cm³/mol. The first-order valence-corrected chi connectivity index (χ1v) is 21.8. The van der Waals surface area contributed by atoms with Gasteiger partial charge < -0.3 is 31.4 Å². The van der Waals surface area contributed by atoms with Gasteiger partial charge in [0.2, 0.25) is 0 Å². The highest BCUT2D eigenvalue weighted by Crippen LogP contribution is 2.69. The van der Waals surface area contributed by atoms with Crippen molar-refractivity contribution in [2.45, 2.75) is 87.9 Å². The zero-order valence-corrected chi connectivity index (χ0v) is 34.6. The number of anilines is 3. The van der Waals surface area contributed by atoms with Crippen LogP contribution in [0.15, 0.2) is 74.1 Å². The number of ether oxygens (including phenoxy) is 3. The molecule has 0 spiro atoms. The molecule has 53 heavy (non-hydrogen) atoms. The van der Waals surface area contributed by atoms with Crippen LogP contribution in [0.25, 0.3) is 0 Å².